The summed E-state index contributed by atoms with van der Waals surface area (Å²) in [6, 6.07) is 2.29. The van der Waals surface area contributed by atoms with Crippen LogP contribution in [-0.2, 0) is 6.42 Å². The van der Waals surface area contributed by atoms with E-state index >= 15 is 0 Å². The Hall–Kier alpha value is -0.260. The lowest BCUT2D eigenvalue weighted by Gasteiger charge is -2.29. The van der Waals surface area contributed by atoms with Gasteiger partial charge in [0.2, 0.25) is 0 Å². The van der Waals surface area contributed by atoms with E-state index in [1.54, 1.807) is 0 Å². The van der Waals surface area contributed by atoms with Crippen molar-refractivity contribution in [2.75, 3.05) is 11.5 Å². The highest BCUT2D eigenvalue weighted by Gasteiger charge is 2.29. The minimum absolute atomic E-state index is 0.201. The molecule has 1 fully saturated rings. The summed E-state index contributed by atoms with van der Waals surface area (Å²) in [6.07, 6.45) is 3.03. The molecule has 1 aliphatic rings. The van der Waals surface area contributed by atoms with Gasteiger partial charge in [-0.15, -0.1) is 11.8 Å². The molecule has 0 aliphatic carbocycles. The van der Waals surface area contributed by atoms with E-state index in [0.717, 1.165) is 30.1 Å². The van der Waals surface area contributed by atoms with Gasteiger partial charge in [-0.3, -0.25) is 0 Å². The Balaban J connectivity index is 2.21. The average molecular weight is 312 g/mol. The van der Waals surface area contributed by atoms with Gasteiger partial charge >= 0.3 is 0 Å². The molecule has 0 amide bonds. The topological polar surface area (TPSA) is 51.8 Å². The molecule has 1 aromatic heterocycles. The third-order valence-electron chi connectivity index (χ3n) is 3.63. The molecule has 1 aromatic rings. The van der Waals surface area contributed by atoms with Crippen LogP contribution in [0.3, 0.4) is 0 Å². The first-order chi connectivity index (χ1) is 9.63. The lowest BCUT2D eigenvalue weighted by Crippen LogP contribution is -2.24. The van der Waals surface area contributed by atoms with Crippen molar-refractivity contribution >= 4 is 23.5 Å². The largest absolute Gasteiger partial charge is 0.327 e. The Kier molecular flexibility index (Phi) is 6.18. The summed E-state index contributed by atoms with van der Waals surface area (Å²) in [6.45, 7) is 6.45. The maximum Gasteiger partial charge on any atom is 0.142 e. The molecule has 2 N–H and O–H groups in total. The fourth-order valence-corrected chi connectivity index (χ4v) is 5.44. The van der Waals surface area contributed by atoms with Crippen LogP contribution in [0.2, 0.25) is 0 Å². The molecule has 20 heavy (non-hydrogen) atoms. The quantitative estimate of drug-likeness (QED) is 0.903. The first-order valence-corrected chi connectivity index (χ1v) is 9.57. The Labute approximate surface area is 130 Å². The Morgan fingerprint density at radius 3 is 2.75 bits per heavy atom. The Morgan fingerprint density at radius 1 is 1.30 bits per heavy atom. The van der Waals surface area contributed by atoms with Gasteiger partial charge in [-0.2, -0.15) is 11.8 Å². The molecule has 3 atom stereocenters. The second kappa shape index (κ2) is 7.66. The van der Waals surface area contributed by atoms with Gasteiger partial charge in [0.05, 0.1) is 5.25 Å². The number of hydrogen-bond acceptors (Lipinski definition) is 5. The summed E-state index contributed by atoms with van der Waals surface area (Å²) in [5.74, 6) is 3.47. The maximum atomic E-state index is 6.07. The van der Waals surface area contributed by atoms with Crippen LogP contribution >= 0.6 is 23.5 Å². The first-order valence-electron chi connectivity index (χ1n) is 7.47. The molecular weight excluding hydrogens is 286 g/mol. The standard InChI is InChI=1S/C15H25N3S2/c1-4-11(16)9-12-8-10(3)17-15(18-12)14-13(5-2)19-6-7-20-14/h8,11,13-14H,4-7,9,16H2,1-3H3. The fourth-order valence-electron chi connectivity index (χ4n) is 2.45. The highest BCUT2D eigenvalue weighted by atomic mass is 32.2. The van der Waals surface area contributed by atoms with E-state index in [4.69, 9.17) is 15.7 Å². The summed E-state index contributed by atoms with van der Waals surface area (Å²) in [5.41, 5.74) is 8.24. The zero-order valence-corrected chi connectivity index (χ0v) is 14.3. The summed E-state index contributed by atoms with van der Waals surface area (Å²) in [5, 5.41) is 1.08. The van der Waals surface area contributed by atoms with Crippen LogP contribution in [-0.4, -0.2) is 32.8 Å². The van der Waals surface area contributed by atoms with Gasteiger partial charge in [0.1, 0.15) is 5.82 Å². The highest BCUT2D eigenvalue weighted by Crippen LogP contribution is 2.42. The molecule has 1 aliphatic heterocycles. The van der Waals surface area contributed by atoms with E-state index in [2.05, 4.69) is 38.6 Å². The van der Waals surface area contributed by atoms with Crippen molar-refractivity contribution in [3.8, 4) is 0 Å². The molecule has 3 unspecified atom stereocenters. The smallest absolute Gasteiger partial charge is 0.142 e. The lowest BCUT2D eigenvalue weighted by molar-refractivity contribution is 0.628. The van der Waals surface area contributed by atoms with Gasteiger partial charge in [-0.1, -0.05) is 13.8 Å². The number of aromatic nitrogens is 2. The third kappa shape index (κ3) is 4.12. The monoisotopic (exact) mass is 311 g/mol. The number of nitrogens with two attached hydrogens (primary N) is 1. The molecule has 112 valence electrons. The Bertz CT molecular complexity index is 439. The number of rotatable bonds is 5. The second-order valence-corrected chi connectivity index (χ2v) is 7.94. The van der Waals surface area contributed by atoms with Gasteiger partial charge in [0, 0.05) is 40.6 Å². The van der Waals surface area contributed by atoms with Crippen molar-refractivity contribution in [1.29, 1.82) is 0 Å². The van der Waals surface area contributed by atoms with Crippen molar-refractivity contribution in [1.82, 2.24) is 9.97 Å². The fraction of sp³-hybridized carbons (Fsp3) is 0.733. The van der Waals surface area contributed by atoms with Crippen LogP contribution in [0.5, 0.6) is 0 Å². The number of thioether (sulfide) groups is 2. The van der Waals surface area contributed by atoms with Crippen molar-refractivity contribution in [2.24, 2.45) is 5.73 Å². The minimum atomic E-state index is 0.201. The molecule has 0 spiro atoms. The van der Waals surface area contributed by atoms with Crippen molar-refractivity contribution in [2.45, 2.75) is 56.6 Å². The second-order valence-electron chi connectivity index (χ2n) is 5.34. The van der Waals surface area contributed by atoms with Crippen LogP contribution < -0.4 is 5.73 Å². The summed E-state index contributed by atoms with van der Waals surface area (Å²) >= 11 is 4.08. The maximum absolute atomic E-state index is 6.07. The van der Waals surface area contributed by atoms with E-state index < -0.39 is 0 Å². The highest BCUT2D eigenvalue weighted by molar-refractivity contribution is 8.06. The van der Waals surface area contributed by atoms with Crippen molar-refractivity contribution in [3.63, 3.8) is 0 Å². The average Bonchev–Trinajstić information content (AvgIpc) is 2.46. The van der Waals surface area contributed by atoms with E-state index in [1.165, 1.54) is 17.9 Å². The minimum Gasteiger partial charge on any atom is -0.327 e. The summed E-state index contributed by atoms with van der Waals surface area (Å²) in [7, 11) is 0. The van der Waals surface area contributed by atoms with Crippen LogP contribution in [0.1, 0.15) is 49.2 Å². The zero-order chi connectivity index (χ0) is 14.5. The summed E-state index contributed by atoms with van der Waals surface area (Å²) in [4.78, 5) is 9.52. The van der Waals surface area contributed by atoms with Crippen LogP contribution in [0, 0.1) is 6.92 Å². The molecular formula is C15H25N3S2. The summed E-state index contributed by atoms with van der Waals surface area (Å²) < 4.78 is 0. The third-order valence-corrected chi connectivity index (χ3v) is 6.87. The molecule has 0 bridgehead atoms. The molecule has 0 aromatic carbocycles. The normalized spacial score (nSPS) is 24.6. The van der Waals surface area contributed by atoms with E-state index in [9.17, 15) is 0 Å². The van der Waals surface area contributed by atoms with Crippen molar-refractivity contribution < 1.29 is 0 Å². The first kappa shape index (κ1) is 16.1. The molecule has 1 saturated heterocycles. The predicted molar refractivity (Wildman–Crippen MR) is 90.5 cm³/mol. The van der Waals surface area contributed by atoms with Gasteiger partial charge in [-0.25, -0.2) is 9.97 Å². The van der Waals surface area contributed by atoms with Gasteiger partial charge in [0.25, 0.3) is 0 Å². The zero-order valence-electron chi connectivity index (χ0n) is 12.6. The Morgan fingerprint density at radius 2 is 2.05 bits per heavy atom. The van der Waals surface area contributed by atoms with Gasteiger partial charge in [-0.05, 0) is 25.8 Å². The number of nitrogens with zero attached hydrogens (tertiary/aromatic N) is 2. The SMILES string of the molecule is CCC(N)Cc1cc(C)nc(C2SCCSC2CC)n1. The predicted octanol–water partition coefficient (Wildman–Crippen LogP) is 3.36. The van der Waals surface area contributed by atoms with E-state index in [0.29, 0.717) is 10.5 Å². The molecule has 0 saturated carbocycles. The molecule has 3 nitrogen and oxygen atoms in total. The number of aryl methyl sites for hydroxylation is 1. The van der Waals surface area contributed by atoms with E-state index in [1.807, 2.05) is 11.8 Å². The molecule has 5 heteroatoms. The van der Waals surface area contributed by atoms with Gasteiger partial charge < -0.3 is 5.73 Å². The molecule has 2 rings (SSSR count). The van der Waals surface area contributed by atoms with Crippen molar-refractivity contribution in [3.05, 3.63) is 23.3 Å². The number of hydrogen-bond donors (Lipinski definition) is 1. The van der Waals surface area contributed by atoms with Crippen LogP contribution in [0.25, 0.3) is 0 Å². The van der Waals surface area contributed by atoms with Crippen LogP contribution in [0.15, 0.2) is 6.07 Å². The molecule has 0 radical (unpaired) electrons. The lowest BCUT2D eigenvalue weighted by atomic mass is 10.1. The van der Waals surface area contributed by atoms with Gasteiger partial charge in [0.15, 0.2) is 0 Å². The van der Waals surface area contributed by atoms with E-state index in [-0.39, 0.29) is 6.04 Å². The van der Waals surface area contributed by atoms with Crippen LogP contribution in [0.4, 0.5) is 0 Å². The molecule has 2 heterocycles.